The fourth-order valence-corrected chi connectivity index (χ4v) is 4.15. The number of rotatable bonds is 15. The summed E-state index contributed by atoms with van der Waals surface area (Å²) in [5.41, 5.74) is 3.00. The average molecular weight is 561 g/mol. The molecule has 3 aromatic rings. The molecule has 0 atom stereocenters. The van der Waals surface area contributed by atoms with E-state index >= 15 is 0 Å². The molecule has 0 spiro atoms. The van der Waals surface area contributed by atoms with E-state index in [4.69, 9.17) is 14.2 Å². The number of hydrogen-bond acceptors (Lipinski definition) is 8. The largest absolute Gasteiger partial charge is 0.494 e. The van der Waals surface area contributed by atoms with Crippen LogP contribution in [0.5, 0.6) is 11.5 Å². The minimum atomic E-state index is -0.392. The Balaban J connectivity index is 1.43. The molecule has 0 fully saturated rings. The maximum Gasteiger partial charge on any atom is 0.333 e. The first-order chi connectivity index (χ1) is 19.4. The molecule has 3 aromatic carbocycles. The molecule has 0 heterocycles. The fourth-order valence-electron chi connectivity index (χ4n) is 3.41. The quantitative estimate of drug-likeness (QED) is 0.0644. The van der Waals surface area contributed by atoms with Gasteiger partial charge in [-0.25, -0.2) is 4.79 Å². The lowest BCUT2D eigenvalue weighted by atomic mass is 10.1. The molecule has 7 nitrogen and oxygen atoms in total. The van der Waals surface area contributed by atoms with Crippen LogP contribution in [-0.2, 0) is 19.1 Å². The van der Waals surface area contributed by atoms with E-state index in [1.54, 1.807) is 31.2 Å². The Morgan fingerprint density at radius 2 is 1.32 bits per heavy atom. The van der Waals surface area contributed by atoms with Gasteiger partial charge in [-0.1, -0.05) is 37.4 Å². The minimum Gasteiger partial charge on any atom is -0.494 e. The normalized spacial score (nSPS) is 10.3. The zero-order valence-corrected chi connectivity index (χ0v) is 23.2. The predicted molar refractivity (Wildman–Crippen MR) is 155 cm³/mol. The van der Waals surface area contributed by atoms with Crippen LogP contribution in [0.1, 0.15) is 36.5 Å². The molecule has 0 amide bonds. The third-order valence-electron chi connectivity index (χ3n) is 5.49. The lowest BCUT2D eigenvalue weighted by molar-refractivity contribution is -0.139. The van der Waals surface area contributed by atoms with Gasteiger partial charge in [0.15, 0.2) is 0 Å². The van der Waals surface area contributed by atoms with Gasteiger partial charge in [0.05, 0.1) is 26.1 Å². The Morgan fingerprint density at radius 3 is 1.90 bits per heavy atom. The zero-order chi connectivity index (χ0) is 28.7. The van der Waals surface area contributed by atoms with E-state index < -0.39 is 5.97 Å². The van der Waals surface area contributed by atoms with Crippen LogP contribution >= 0.6 is 11.8 Å². The monoisotopic (exact) mass is 560 g/mol. The predicted octanol–water partition coefficient (Wildman–Crippen LogP) is 7.02. The highest BCUT2D eigenvalue weighted by Gasteiger charge is 2.10. The summed E-state index contributed by atoms with van der Waals surface area (Å²) >= 11 is 1.16. The lowest BCUT2D eigenvalue weighted by Crippen LogP contribution is -2.09. The van der Waals surface area contributed by atoms with Crippen LogP contribution in [0.4, 0.5) is 0 Å². The first kappa shape index (κ1) is 30.2. The van der Waals surface area contributed by atoms with Crippen LogP contribution in [0.3, 0.4) is 0 Å². The summed E-state index contributed by atoms with van der Waals surface area (Å²) < 4.78 is 21.0. The summed E-state index contributed by atoms with van der Waals surface area (Å²) in [6.45, 7) is 9.59. The van der Waals surface area contributed by atoms with Gasteiger partial charge in [-0.05, 0) is 84.8 Å². The highest BCUT2D eigenvalue weighted by molar-refractivity contribution is 8.14. The van der Waals surface area contributed by atoms with Gasteiger partial charge in [0.25, 0.3) is 0 Å². The smallest absolute Gasteiger partial charge is 0.333 e. The Morgan fingerprint density at radius 1 is 0.775 bits per heavy atom. The van der Waals surface area contributed by atoms with Crippen molar-refractivity contribution in [3.63, 3.8) is 0 Å². The first-order valence-electron chi connectivity index (χ1n) is 12.8. The minimum absolute atomic E-state index is 0.0673. The molecule has 3 rings (SSSR count). The highest BCUT2D eigenvalue weighted by atomic mass is 32.2. The molecule has 208 valence electrons. The van der Waals surface area contributed by atoms with Gasteiger partial charge < -0.3 is 18.9 Å². The van der Waals surface area contributed by atoms with Gasteiger partial charge in [-0.2, -0.15) is 0 Å². The SMILES string of the molecule is C=COC(=O)CCCOc1ccc(C(=O)Sc2ccc(-c3ccc(OCCCOC(=O)C(=C)C)cc3)cc2)cc1. The summed E-state index contributed by atoms with van der Waals surface area (Å²) in [5.74, 6) is 0.624. The van der Waals surface area contributed by atoms with E-state index in [1.807, 2.05) is 48.5 Å². The molecule has 0 aliphatic carbocycles. The number of benzene rings is 3. The Labute approximate surface area is 238 Å². The second kappa shape index (κ2) is 16.0. The molecule has 8 heteroatoms. The number of carbonyl (C=O) groups is 3. The van der Waals surface area contributed by atoms with Crippen molar-refractivity contribution in [2.24, 2.45) is 0 Å². The number of ether oxygens (including phenoxy) is 4. The van der Waals surface area contributed by atoms with E-state index in [0.717, 1.165) is 39.8 Å². The van der Waals surface area contributed by atoms with Crippen LogP contribution < -0.4 is 9.47 Å². The zero-order valence-electron chi connectivity index (χ0n) is 22.4. The number of carbonyl (C=O) groups excluding carboxylic acids is 3. The van der Waals surface area contributed by atoms with Gasteiger partial charge in [0.2, 0.25) is 5.12 Å². The molecule has 0 N–H and O–H groups in total. The van der Waals surface area contributed by atoms with E-state index in [0.29, 0.717) is 42.9 Å². The third kappa shape index (κ3) is 10.1. The van der Waals surface area contributed by atoms with Crippen molar-refractivity contribution in [2.75, 3.05) is 19.8 Å². The summed E-state index contributed by atoms with van der Waals surface area (Å²) in [7, 11) is 0. The van der Waals surface area contributed by atoms with Crippen LogP contribution in [0, 0.1) is 0 Å². The van der Waals surface area contributed by atoms with Gasteiger partial charge in [0, 0.05) is 28.9 Å². The van der Waals surface area contributed by atoms with Crippen molar-refractivity contribution in [1.82, 2.24) is 0 Å². The summed E-state index contributed by atoms with van der Waals surface area (Å²) in [5, 5.41) is -0.0673. The van der Waals surface area contributed by atoms with E-state index in [1.165, 1.54) is 0 Å². The van der Waals surface area contributed by atoms with Crippen LogP contribution in [0.2, 0.25) is 0 Å². The third-order valence-corrected chi connectivity index (χ3v) is 6.42. The van der Waals surface area contributed by atoms with Crippen LogP contribution in [0.25, 0.3) is 11.1 Å². The molecule has 40 heavy (non-hydrogen) atoms. The van der Waals surface area contributed by atoms with Crippen molar-refractivity contribution in [2.45, 2.75) is 31.1 Å². The summed E-state index contributed by atoms with van der Waals surface area (Å²) in [6, 6.07) is 22.5. The first-order valence-corrected chi connectivity index (χ1v) is 13.6. The maximum absolute atomic E-state index is 12.7. The van der Waals surface area contributed by atoms with Crippen molar-refractivity contribution >= 4 is 28.8 Å². The second-order valence-electron chi connectivity index (χ2n) is 8.69. The topological polar surface area (TPSA) is 88.1 Å². The molecule has 0 radical (unpaired) electrons. The molecule has 0 aromatic heterocycles. The number of thioether (sulfide) groups is 1. The van der Waals surface area contributed by atoms with E-state index in [2.05, 4.69) is 17.9 Å². The van der Waals surface area contributed by atoms with Gasteiger partial charge in [-0.15, -0.1) is 0 Å². The molecule has 0 saturated heterocycles. The summed E-state index contributed by atoms with van der Waals surface area (Å²) in [4.78, 5) is 36.2. The Kier molecular flexibility index (Phi) is 12.1. The molecule has 0 bridgehead atoms. The molecule has 0 saturated carbocycles. The van der Waals surface area contributed by atoms with Crippen LogP contribution in [0.15, 0.2) is 103 Å². The van der Waals surface area contributed by atoms with Gasteiger partial charge >= 0.3 is 11.9 Å². The molecule has 0 aliphatic rings. The van der Waals surface area contributed by atoms with E-state index in [-0.39, 0.29) is 24.1 Å². The lowest BCUT2D eigenvalue weighted by Gasteiger charge is -2.09. The molecule has 0 unspecified atom stereocenters. The van der Waals surface area contributed by atoms with Gasteiger partial charge in [-0.3, -0.25) is 9.59 Å². The molecule has 0 aliphatic heterocycles. The average Bonchev–Trinajstić information content (AvgIpc) is 2.96. The molecular formula is C32H32O7S. The Bertz CT molecular complexity index is 1300. The van der Waals surface area contributed by atoms with Crippen molar-refractivity contribution in [1.29, 1.82) is 0 Å². The van der Waals surface area contributed by atoms with Crippen LogP contribution in [-0.4, -0.2) is 36.9 Å². The standard InChI is InChI=1S/C32H32O7S/c1-4-36-30(33)7-5-20-37-28-16-10-26(11-17-28)32(35)40-29-18-12-25(13-19-29)24-8-14-27(15-9-24)38-21-6-22-39-31(34)23(2)3/h4,8-19H,1-2,5-7,20-22H2,3H3. The Hall–Kier alpha value is -4.30. The second-order valence-corrected chi connectivity index (χ2v) is 9.74. The maximum atomic E-state index is 12.7. The van der Waals surface area contributed by atoms with Gasteiger partial charge in [0.1, 0.15) is 11.5 Å². The summed E-state index contributed by atoms with van der Waals surface area (Å²) in [6.07, 6.45) is 2.47. The highest BCUT2D eigenvalue weighted by Crippen LogP contribution is 2.28. The molecular weight excluding hydrogens is 528 g/mol. The number of esters is 2. The van der Waals surface area contributed by atoms with Crippen molar-refractivity contribution in [3.05, 3.63) is 103 Å². The number of hydrogen-bond donors (Lipinski definition) is 0. The van der Waals surface area contributed by atoms with E-state index in [9.17, 15) is 14.4 Å². The van der Waals surface area contributed by atoms with Crippen molar-refractivity contribution < 1.29 is 33.3 Å². The fraction of sp³-hybridized carbons (Fsp3) is 0.219. The van der Waals surface area contributed by atoms with Crippen molar-refractivity contribution in [3.8, 4) is 22.6 Å².